The van der Waals surface area contributed by atoms with E-state index in [1.165, 1.54) is 4.68 Å². The zero-order chi connectivity index (χ0) is 19.1. The minimum Gasteiger partial charge on any atom is -0.372 e. The van der Waals surface area contributed by atoms with E-state index in [-0.39, 0.29) is 23.7 Å². The van der Waals surface area contributed by atoms with E-state index >= 15 is 0 Å². The lowest BCUT2D eigenvalue weighted by Gasteiger charge is -2.35. The van der Waals surface area contributed by atoms with E-state index in [1.54, 1.807) is 28.9 Å². The number of benzene rings is 1. The molecule has 0 bridgehead atoms. The molecule has 0 aliphatic carbocycles. The highest BCUT2D eigenvalue weighted by atomic mass is 16.5. The molecule has 7 heteroatoms. The number of pyridine rings is 1. The maximum Gasteiger partial charge on any atom is 0.282 e. The molecule has 2 atom stereocenters. The molecule has 4 rings (SSSR count). The third kappa shape index (κ3) is 3.14. The summed E-state index contributed by atoms with van der Waals surface area (Å²) in [4.78, 5) is 27.9. The summed E-state index contributed by atoms with van der Waals surface area (Å²) in [6.07, 6.45) is 3.40. The fraction of sp³-hybridized carbons (Fsp3) is 0.350. The van der Waals surface area contributed by atoms with Crippen LogP contribution in [0.5, 0.6) is 0 Å². The van der Waals surface area contributed by atoms with Gasteiger partial charge in [-0.15, -0.1) is 0 Å². The van der Waals surface area contributed by atoms with Crippen molar-refractivity contribution in [1.82, 2.24) is 19.2 Å². The van der Waals surface area contributed by atoms with E-state index in [9.17, 15) is 9.59 Å². The molecule has 140 valence electrons. The molecule has 3 aliphatic rings. The maximum absolute atomic E-state index is 13.2. The van der Waals surface area contributed by atoms with Crippen LogP contribution in [0.15, 0.2) is 47.5 Å². The quantitative estimate of drug-likeness (QED) is 0.695. The molecule has 0 saturated carbocycles. The van der Waals surface area contributed by atoms with Crippen LogP contribution in [0.3, 0.4) is 0 Å². The normalized spacial score (nSPS) is 20.2. The van der Waals surface area contributed by atoms with Gasteiger partial charge in [-0.3, -0.25) is 9.59 Å². The number of carbonyl (C=O) groups excluding carboxylic acids is 1. The molecule has 0 unspecified atom stereocenters. The number of amides is 1. The molecular weight excluding hydrogens is 344 g/mol. The van der Waals surface area contributed by atoms with E-state index in [4.69, 9.17) is 4.74 Å². The van der Waals surface area contributed by atoms with E-state index in [0.29, 0.717) is 35.6 Å². The van der Waals surface area contributed by atoms with Gasteiger partial charge in [-0.2, -0.15) is 9.78 Å². The van der Waals surface area contributed by atoms with Gasteiger partial charge >= 0.3 is 0 Å². The Balaban J connectivity index is 1.81. The smallest absolute Gasteiger partial charge is 0.282 e. The highest BCUT2D eigenvalue weighted by molar-refractivity contribution is 6.00. The Morgan fingerprint density at radius 3 is 2.44 bits per heavy atom. The largest absolute Gasteiger partial charge is 0.372 e. The molecule has 0 spiro atoms. The summed E-state index contributed by atoms with van der Waals surface area (Å²) >= 11 is 0. The second kappa shape index (κ2) is 6.66. The number of fused-ring (bicyclic) bond motifs is 1. The van der Waals surface area contributed by atoms with Crippen molar-refractivity contribution >= 4 is 5.91 Å². The van der Waals surface area contributed by atoms with Crippen LogP contribution in [-0.4, -0.2) is 50.5 Å². The van der Waals surface area contributed by atoms with Gasteiger partial charge in [0.05, 0.1) is 29.0 Å². The number of hydrogen-bond donors (Lipinski definition) is 0. The topological polar surface area (TPSA) is 69.4 Å². The fourth-order valence-electron chi connectivity index (χ4n) is 3.65. The minimum atomic E-state index is -0.231. The molecule has 1 amide bonds. The first kappa shape index (κ1) is 17.5. The van der Waals surface area contributed by atoms with Crippen LogP contribution in [0, 0.1) is 0 Å². The van der Waals surface area contributed by atoms with E-state index < -0.39 is 0 Å². The van der Waals surface area contributed by atoms with Crippen molar-refractivity contribution in [3.63, 3.8) is 0 Å². The van der Waals surface area contributed by atoms with Crippen molar-refractivity contribution in [3.05, 3.63) is 58.6 Å². The van der Waals surface area contributed by atoms with Gasteiger partial charge in [-0.25, -0.2) is 0 Å². The number of aryl methyl sites for hydroxylation is 1. The fourth-order valence-corrected chi connectivity index (χ4v) is 3.65. The molecule has 1 saturated heterocycles. The summed E-state index contributed by atoms with van der Waals surface area (Å²) < 4.78 is 8.82. The maximum atomic E-state index is 13.2. The van der Waals surface area contributed by atoms with Crippen LogP contribution in [0.4, 0.5) is 0 Å². The van der Waals surface area contributed by atoms with Crippen LogP contribution in [-0.2, 0) is 11.8 Å². The number of rotatable bonds is 2. The first-order chi connectivity index (χ1) is 12.9. The van der Waals surface area contributed by atoms with Crippen LogP contribution in [0.25, 0.3) is 16.9 Å². The molecule has 0 radical (unpaired) electrons. The lowest BCUT2D eigenvalue weighted by atomic mass is 10.1. The van der Waals surface area contributed by atoms with Crippen LogP contribution >= 0.6 is 0 Å². The molecule has 27 heavy (non-hydrogen) atoms. The highest BCUT2D eigenvalue weighted by Gasteiger charge is 2.31. The molecule has 3 aliphatic heterocycles. The molecule has 7 nitrogen and oxygen atoms in total. The van der Waals surface area contributed by atoms with Crippen LogP contribution < -0.4 is 5.56 Å². The van der Waals surface area contributed by atoms with Crippen molar-refractivity contribution in [3.8, 4) is 16.9 Å². The summed E-state index contributed by atoms with van der Waals surface area (Å²) in [6, 6.07) is 9.22. The van der Waals surface area contributed by atoms with Gasteiger partial charge in [0, 0.05) is 32.5 Å². The molecule has 0 aromatic heterocycles. The number of ether oxygens (including phenoxy) is 1. The zero-order valence-corrected chi connectivity index (χ0v) is 15.6. The van der Waals surface area contributed by atoms with Gasteiger partial charge in [0.2, 0.25) is 0 Å². The molecule has 1 aromatic carbocycles. The van der Waals surface area contributed by atoms with Gasteiger partial charge in [0.1, 0.15) is 5.69 Å². The van der Waals surface area contributed by atoms with Gasteiger partial charge in [-0.1, -0.05) is 18.2 Å². The highest BCUT2D eigenvalue weighted by Crippen LogP contribution is 2.24. The standard InChI is InChI=1S/C20H22N4O3/c1-13-9-23(10-14(2)27-13)19(25)16-11-22(3)12-17-18(16)21-24(20(17)26)15-7-5-4-6-8-15/h4-8,11-14H,9-10H2,1-3H3/t13-,14+. The Morgan fingerprint density at radius 1 is 1.11 bits per heavy atom. The lowest BCUT2D eigenvalue weighted by Crippen LogP contribution is -2.48. The number of para-hydroxylation sites is 1. The van der Waals surface area contributed by atoms with Crippen molar-refractivity contribution < 1.29 is 9.53 Å². The summed E-state index contributed by atoms with van der Waals surface area (Å²) in [7, 11) is 1.81. The zero-order valence-electron chi connectivity index (χ0n) is 15.6. The first-order valence-electron chi connectivity index (χ1n) is 9.03. The summed E-state index contributed by atoms with van der Waals surface area (Å²) in [5.41, 5.74) is 1.74. The second-order valence-corrected chi connectivity index (χ2v) is 7.12. The van der Waals surface area contributed by atoms with Crippen LogP contribution in [0.2, 0.25) is 0 Å². The van der Waals surface area contributed by atoms with Gasteiger partial charge < -0.3 is 14.2 Å². The molecule has 1 aromatic rings. The summed E-state index contributed by atoms with van der Waals surface area (Å²) in [6.45, 7) is 4.95. The number of carbonyl (C=O) groups is 1. The predicted octanol–water partition coefficient (Wildman–Crippen LogP) is 1.93. The number of nitrogens with zero attached hydrogens (tertiary/aromatic N) is 4. The van der Waals surface area contributed by atoms with E-state index in [0.717, 1.165) is 0 Å². The van der Waals surface area contributed by atoms with E-state index in [1.807, 2.05) is 44.2 Å². The Hall–Kier alpha value is -2.93. The summed E-state index contributed by atoms with van der Waals surface area (Å²) in [5, 5.41) is 4.49. The third-order valence-corrected chi connectivity index (χ3v) is 4.74. The summed E-state index contributed by atoms with van der Waals surface area (Å²) in [5.74, 6) is -0.129. The van der Waals surface area contributed by atoms with Crippen molar-refractivity contribution in [2.75, 3.05) is 13.1 Å². The Labute approximate surface area is 157 Å². The SMILES string of the molecule is C[C@@H]1CN(C(=O)c2cn(C)cc3c(=O)n(-c4ccccc4)nc2-3)C[C@H](C)O1. The van der Waals surface area contributed by atoms with Gasteiger partial charge in [-0.05, 0) is 26.0 Å². The van der Waals surface area contributed by atoms with E-state index in [2.05, 4.69) is 5.10 Å². The Kier molecular flexibility index (Phi) is 4.31. The Morgan fingerprint density at radius 2 is 1.78 bits per heavy atom. The molecular formula is C20H22N4O3. The van der Waals surface area contributed by atoms with Gasteiger partial charge in [0.15, 0.2) is 0 Å². The number of aromatic nitrogens is 3. The average molecular weight is 366 g/mol. The van der Waals surface area contributed by atoms with Crippen molar-refractivity contribution in [2.45, 2.75) is 26.1 Å². The van der Waals surface area contributed by atoms with Gasteiger partial charge in [0.25, 0.3) is 11.5 Å². The lowest BCUT2D eigenvalue weighted by molar-refractivity contribution is -0.0586. The van der Waals surface area contributed by atoms with Crippen LogP contribution in [0.1, 0.15) is 24.2 Å². The van der Waals surface area contributed by atoms with Crippen molar-refractivity contribution in [2.24, 2.45) is 7.05 Å². The molecule has 0 N–H and O–H groups in total. The molecule has 3 heterocycles. The number of hydrogen-bond acceptors (Lipinski definition) is 4. The average Bonchev–Trinajstić information content (AvgIpc) is 2.97. The monoisotopic (exact) mass is 366 g/mol. The number of morpholine rings is 1. The first-order valence-corrected chi connectivity index (χ1v) is 9.03. The third-order valence-electron chi connectivity index (χ3n) is 4.74. The minimum absolute atomic E-state index is 0.0254. The van der Waals surface area contributed by atoms with Crippen molar-refractivity contribution in [1.29, 1.82) is 0 Å². The second-order valence-electron chi connectivity index (χ2n) is 7.12. The Bertz CT molecular complexity index is 998. The predicted molar refractivity (Wildman–Crippen MR) is 101 cm³/mol. The molecule has 1 fully saturated rings.